The van der Waals surface area contributed by atoms with Crippen molar-refractivity contribution < 1.29 is 9.59 Å². The third-order valence-corrected chi connectivity index (χ3v) is 5.51. The summed E-state index contributed by atoms with van der Waals surface area (Å²) in [5, 5.41) is 0.938. The summed E-state index contributed by atoms with van der Waals surface area (Å²) in [6.07, 6.45) is 4.71. The maximum atomic E-state index is 13.4. The molecule has 1 aromatic carbocycles. The van der Waals surface area contributed by atoms with Crippen LogP contribution in [-0.2, 0) is 17.6 Å². The molecule has 1 fully saturated rings. The minimum atomic E-state index is -0.312. The fourth-order valence-electron chi connectivity index (χ4n) is 4.12. The number of likely N-dealkylation sites (tertiary alicyclic amines) is 1. The quantitative estimate of drug-likeness (QED) is 0.914. The van der Waals surface area contributed by atoms with Crippen LogP contribution in [0.5, 0.6) is 0 Å². The van der Waals surface area contributed by atoms with Crippen LogP contribution in [0, 0.1) is 12.8 Å². The van der Waals surface area contributed by atoms with Gasteiger partial charge in [0.15, 0.2) is 0 Å². The smallest absolute Gasteiger partial charge is 0.254 e. The first-order valence-corrected chi connectivity index (χ1v) is 9.05. The summed E-state index contributed by atoms with van der Waals surface area (Å²) in [7, 11) is 0. The molecule has 25 heavy (non-hydrogen) atoms. The fourth-order valence-corrected chi connectivity index (χ4v) is 4.12. The lowest BCUT2D eigenvalue weighted by Crippen LogP contribution is -2.33. The van der Waals surface area contributed by atoms with Crippen LogP contribution in [0.1, 0.15) is 46.4 Å². The number of carbonyl (C=O) groups excluding carboxylic acids is 2. The second kappa shape index (κ2) is 6.14. The number of aromatic nitrogens is 1. The molecule has 0 radical (unpaired) electrons. The predicted octanol–water partition coefficient (Wildman–Crippen LogP) is 2.37. The summed E-state index contributed by atoms with van der Waals surface area (Å²) in [6.45, 7) is 3.06. The number of nitrogens with two attached hydrogens (primary N) is 1. The van der Waals surface area contributed by atoms with Crippen molar-refractivity contribution in [2.75, 3.05) is 13.1 Å². The Morgan fingerprint density at radius 3 is 2.80 bits per heavy atom. The molecule has 1 saturated heterocycles. The van der Waals surface area contributed by atoms with Crippen LogP contribution in [-0.4, -0.2) is 34.8 Å². The number of amides is 2. The average molecular weight is 337 g/mol. The van der Waals surface area contributed by atoms with Crippen LogP contribution < -0.4 is 5.73 Å². The fraction of sp³-hybridized carbons (Fsp3) is 0.450. The van der Waals surface area contributed by atoms with E-state index in [1.54, 1.807) is 4.90 Å². The Labute approximate surface area is 147 Å². The Bertz CT molecular complexity index is 875. The molecule has 4 rings (SSSR count). The summed E-state index contributed by atoms with van der Waals surface area (Å²) >= 11 is 0. The minimum absolute atomic E-state index is 0.0277. The van der Waals surface area contributed by atoms with Gasteiger partial charge in [-0.05, 0) is 56.7 Å². The largest absolute Gasteiger partial charge is 0.369 e. The van der Waals surface area contributed by atoms with E-state index in [1.807, 2.05) is 19.1 Å². The Hall–Kier alpha value is -2.43. The standard InChI is InChI=1S/C20H23N3O2/c1-12-6-7-17-15(10-12)18(14-4-2-3-5-16(14)22-17)20(25)23-9-8-13(11-23)19(21)24/h6-7,10,13H,2-5,8-9,11H2,1H3,(H2,21,24)/t13-/m0/s1. The molecule has 2 heterocycles. The summed E-state index contributed by atoms with van der Waals surface area (Å²) < 4.78 is 0. The predicted molar refractivity (Wildman–Crippen MR) is 96.3 cm³/mol. The lowest BCUT2D eigenvalue weighted by molar-refractivity contribution is -0.121. The van der Waals surface area contributed by atoms with Crippen LogP contribution in [0.25, 0.3) is 10.9 Å². The van der Waals surface area contributed by atoms with Gasteiger partial charge < -0.3 is 10.6 Å². The zero-order chi connectivity index (χ0) is 17.6. The normalized spacial score (nSPS) is 19.9. The minimum Gasteiger partial charge on any atom is -0.369 e. The zero-order valence-corrected chi connectivity index (χ0v) is 14.5. The van der Waals surface area contributed by atoms with E-state index >= 15 is 0 Å². The Morgan fingerprint density at radius 2 is 2.04 bits per heavy atom. The molecule has 5 nitrogen and oxygen atoms in total. The van der Waals surface area contributed by atoms with Crippen molar-refractivity contribution in [2.24, 2.45) is 11.7 Å². The number of pyridine rings is 1. The van der Waals surface area contributed by atoms with Gasteiger partial charge in [0.1, 0.15) is 0 Å². The highest BCUT2D eigenvalue weighted by molar-refractivity contribution is 6.08. The first-order chi connectivity index (χ1) is 12.0. The number of fused-ring (bicyclic) bond motifs is 2. The van der Waals surface area contributed by atoms with Gasteiger partial charge in [-0.3, -0.25) is 14.6 Å². The van der Waals surface area contributed by atoms with Crippen LogP contribution in [0.3, 0.4) is 0 Å². The number of nitrogens with zero attached hydrogens (tertiary/aromatic N) is 2. The number of aryl methyl sites for hydroxylation is 2. The third kappa shape index (κ3) is 2.77. The van der Waals surface area contributed by atoms with Gasteiger partial charge in [-0.1, -0.05) is 11.6 Å². The number of rotatable bonds is 2. The summed E-state index contributed by atoms with van der Waals surface area (Å²) in [5.74, 6) is -0.512. The number of carbonyl (C=O) groups is 2. The molecule has 2 N–H and O–H groups in total. The van der Waals surface area contributed by atoms with E-state index in [0.29, 0.717) is 19.5 Å². The zero-order valence-electron chi connectivity index (χ0n) is 14.5. The molecule has 130 valence electrons. The summed E-state index contributed by atoms with van der Waals surface area (Å²) in [5.41, 5.74) is 10.4. The van der Waals surface area contributed by atoms with Gasteiger partial charge in [0.25, 0.3) is 5.91 Å². The second-order valence-electron chi connectivity index (χ2n) is 7.28. The Kier molecular flexibility index (Phi) is 3.94. The molecule has 2 amide bonds. The van der Waals surface area contributed by atoms with Gasteiger partial charge in [-0.25, -0.2) is 0 Å². The number of primary amides is 1. The third-order valence-electron chi connectivity index (χ3n) is 5.51. The molecule has 5 heteroatoms. The van der Waals surface area contributed by atoms with Crippen molar-refractivity contribution in [2.45, 2.75) is 39.0 Å². The van der Waals surface area contributed by atoms with Crippen molar-refractivity contribution in [3.63, 3.8) is 0 Å². The van der Waals surface area contributed by atoms with Crippen molar-refractivity contribution >= 4 is 22.7 Å². The summed E-state index contributed by atoms with van der Waals surface area (Å²) in [4.78, 5) is 31.4. The molecule has 1 aliphatic heterocycles. The number of hydrogen-bond donors (Lipinski definition) is 1. The lowest BCUT2D eigenvalue weighted by atomic mass is 9.89. The molecular formula is C20H23N3O2. The summed E-state index contributed by atoms with van der Waals surface area (Å²) in [6, 6.07) is 6.11. The maximum absolute atomic E-state index is 13.4. The maximum Gasteiger partial charge on any atom is 0.254 e. The highest BCUT2D eigenvalue weighted by Crippen LogP contribution is 2.32. The van der Waals surface area contributed by atoms with Crippen molar-refractivity contribution in [1.82, 2.24) is 9.88 Å². The van der Waals surface area contributed by atoms with Gasteiger partial charge in [-0.15, -0.1) is 0 Å². The van der Waals surface area contributed by atoms with Gasteiger partial charge in [0.05, 0.1) is 17.0 Å². The SMILES string of the molecule is Cc1ccc2nc3c(c(C(=O)N4CC[C@H](C(N)=O)C4)c2c1)CCCC3. The van der Waals surface area contributed by atoms with E-state index in [4.69, 9.17) is 10.7 Å². The van der Waals surface area contributed by atoms with E-state index in [0.717, 1.165) is 59.0 Å². The monoisotopic (exact) mass is 337 g/mol. The van der Waals surface area contributed by atoms with E-state index in [9.17, 15) is 9.59 Å². The van der Waals surface area contributed by atoms with E-state index in [-0.39, 0.29) is 17.7 Å². The Balaban J connectivity index is 1.83. The topological polar surface area (TPSA) is 76.3 Å². The van der Waals surface area contributed by atoms with Gasteiger partial charge in [-0.2, -0.15) is 0 Å². The van der Waals surface area contributed by atoms with Crippen LogP contribution in [0.4, 0.5) is 0 Å². The number of benzene rings is 1. The molecule has 1 aromatic heterocycles. The molecule has 2 aromatic rings. The second-order valence-corrected chi connectivity index (χ2v) is 7.28. The van der Waals surface area contributed by atoms with Crippen molar-refractivity contribution in [3.8, 4) is 0 Å². The molecule has 0 saturated carbocycles. The molecule has 0 spiro atoms. The Morgan fingerprint density at radius 1 is 1.24 bits per heavy atom. The van der Waals surface area contributed by atoms with Gasteiger partial charge in [0.2, 0.25) is 5.91 Å². The van der Waals surface area contributed by atoms with E-state index in [1.165, 1.54) is 0 Å². The lowest BCUT2D eigenvalue weighted by Gasteiger charge is -2.24. The molecule has 1 aliphatic carbocycles. The van der Waals surface area contributed by atoms with Crippen LogP contribution >= 0.6 is 0 Å². The molecule has 0 unspecified atom stereocenters. The first kappa shape index (κ1) is 16.1. The molecule has 0 bridgehead atoms. The van der Waals surface area contributed by atoms with Gasteiger partial charge >= 0.3 is 0 Å². The van der Waals surface area contributed by atoms with Crippen molar-refractivity contribution in [1.29, 1.82) is 0 Å². The number of hydrogen-bond acceptors (Lipinski definition) is 3. The molecule has 2 aliphatic rings. The van der Waals surface area contributed by atoms with Gasteiger partial charge in [0, 0.05) is 24.2 Å². The van der Waals surface area contributed by atoms with Crippen molar-refractivity contribution in [3.05, 3.63) is 40.6 Å². The van der Waals surface area contributed by atoms with Crippen LogP contribution in [0.2, 0.25) is 0 Å². The first-order valence-electron chi connectivity index (χ1n) is 9.05. The van der Waals surface area contributed by atoms with Crippen LogP contribution in [0.15, 0.2) is 18.2 Å². The highest BCUT2D eigenvalue weighted by Gasteiger charge is 2.33. The highest BCUT2D eigenvalue weighted by atomic mass is 16.2. The average Bonchev–Trinajstić information content (AvgIpc) is 3.10. The van der Waals surface area contributed by atoms with E-state index < -0.39 is 0 Å². The van der Waals surface area contributed by atoms with E-state index in [2.05, 4.69) is 6.07 Å². The molecule has 1 atom stereocenters. The molecular weight excluding hydrogens is 314 g/mol.